The maximum absolute atomic E-state index is 5.94. The molecule has 2 rings (SSSR count). The van der Waals surface area contributed by atoms with Crippen LogP contribution in [-0.2, 0) is 0 Å². The molecular formula is C14H20NO. The first-order valence-corrected chi connectivity index (χ1v) is 6.05. The van der Waals surface area contributed by atoms with Gasteiger partial charge >= 0.3 is 0 Å². The number of nitrogens with zero attached hydrogens (tertiary/aromatic N) is 1. The van der Waals surface area contributed by atoms with Gasteiger partial charge in [0.25, 0.3) is 0 Å². The van der Waals surface area contributed by atoms with Crippen molar-refractivity contribution < 1.29 is 4.74 Å². The summed E-state index contributed by atoms with van der Waals surface area (Å²) in [6.45, 7) is 0. The molecule has 0 atom stereocenters. The highest BCUT2D eigenvalue weighted by atomic mass is 16.5. The van der Waals surface area contributed by atoms with Gasteiger partial charge in [0, 0.05) is 6.04 Å². The van der Waals surface area contributed by atoms with Crippen LogP contribution in [0.15, 0.2) is 24.3 Å². The molecule has 0 aromatic heterocycles. The van der Waals surface area contributed by atoms with Crippen LogP contribution in [0.2, 0.25) is 0 Å². The lowest BCUT2D eigenvalue weighted by Crippen LogP contribution is -2.35. The third-order valence-electron chi connectivity index (χ3n) is 3.36. The van der Waals surface area contributed by atoms with Crippen molar-refractivity contribution in [2.75, 3.05) is 14.1 Å². The molecule has 16 heavy (non-hydrogen) atoms. The molecule has 1 aliphatic carbocycles. The van der Waals surface area contributed by atoms with Gasteiger partial charge in [0.1, 0.15) is 5.75 Å². The van der Waals surface area contributed by atoms with Crippen molar-refractivity contribution >= 4 is 0 Å². The Hall–Kier alpha value is -1.02. The van der Waals surface area contributed by atoms with E-state index in [-0.39, 0.29) is 0 Å². The summed E-state index contributed by atoms with van der Waals surface area (Å²) in [5, 5.41) is 0. The Bertz CT molecular complexity index is 302. The molecule has 1 aromatic carbocycles. The molecule has 0 bridgehead atoms. The van der Waals surface area contributed by atoms with Crippen LogP contribution in [0.3, 0.4) is 0 Å². The van der Waals surface area contributed by atoms with Crippen LogP contribution in [0.4, 0.5) is 0 Å². The molecule has 1 fully saturated rings. The van der Waals surface area contributed by atoms with E-state index in [1.807, 2.05) is 24.3 Å². The number of benzene rings is 1. The monoisotopic (exact) mass is 218 g/mol. The highest BCUT2D eigenvalue weighted by Gasteiger charge is 2.23. The Balaban J connectivity index is 1.82. The lowest BCUT2D eigenvalue weighted by molar-refractivity contribution is 0.111. The van der Waals surface area contributed by atoms with E-state index in [0.717, 1.165) is 11.8 Å². The first kappa shape index (κ1) is 11.5. The molecule has 1 radical (unpaired) electrons. The molecule has 1 aliphatic rings. The Morgan fingerprint density at radius 2 is 1.75 bits per heavy atom. The molecule has 0 spiro atoms. The number of hydrogen-bond acceptors (Lipinski definition) is 2. The van der Waals surface area contributed by atoms with E-state index >= 15 is 0 Å². The van der Waals surface area contributed by atoms with Crippen molar-refractivity contribution in [1.82, 2.24) is 4.90 Å². The fourth-order valence-electron chi connectivity index (χ4n) is 2.32. The van der Waals surface area contributed by atoms with Crippen molar-refractivity contribution in [3.05, 3.63) is 30.3 Å². The van der Waals surface area contributed by atoms with Gasteiger partial charge in [-0.15, -0.1) is 0 Å². The lowest BCUT2D eigenvalue weighted by Gasteiger charge is -2.32. The van der Waals surface area contributed by atoms with E-state index in [0.29, 0.717) is 6.10 Å². The molecule has 0 unspecified atom stereocenters. The quantitative estimate of drug-likeness (QED) is 0.773. The Morgan fingerprint density at radius 1 is 1.12 bits per heavy atom. The minimum atomic E-state index is 0.401. The molecule has 1 saturated carbocycles. The largest absolute Gasteiger partial charge is 0.490 e. The Kier molecular flexibility index (Phi) is 3.83. The van der Waals surface area contributed by atoms with Crippen molar-refractivity contribution in [1.29, 1.82) is 0 Å². The number of hydrogen-bond donors (Lipinski definition) is 0. The van der Waals surface area contributed by atoms with E-state index in [1.165, 1.54) is 25.7 Å². The van der Waals surface area contributed by atoms with Crippen LogP contribution in [0.5, 0.6) is 5.75 Å². The Morgan fingerprint density at radius 3 is 2.31 bits per heavy atom. The molecule has 0 aliphatic heterocycles. The fraction of sp³-hybridized carbons (Fsp3) is 0.571. The van der Waals surface area contributed by atoms with Crippen molar-refractivity contribution in [2.24, 2.45) is 0 Å². The summed E-state index contributed by atoms with van der Waals surface area (Å²) in [6, 6.07) is 11.5. The van der Waals surface area contributed by atoms with Gasteiger partial charge in [-0.2, -0.15) is 0 Å². The second-order valence-corrected chi connectivity index (χ2v) is 4.75. The maximum atomic E-state index is 5.94. The predicted octanol–water partition coefficient (Wildman–Crippen LogP) is 2.74. The third-order valence-corrected chi connectivity index (χ3v) is 3.36. The summed E-state index contributed by atoms with van der Waals surface area (Å²) in [5.74, 6) is 0.979. The van der Waals surface area contributed by atoms with Crippen LogP contribution < -0.4 is 4.74 Å². The van der Waals surface area contributed by atoms with Crippen LogP contribution in [-0.4, -0.2) is 31.1 Å². The van der Waals surface area contributed by atoms with E-state index < -0.39 is 0 Å². The SMILES string of the molecule is CN(C)C1CCC(Oc2cc[c]cc2)CC1. The normalized spacial score (nSPS) is 25.7. The zero-order chi connectivity index (χ0) is 11.4. The van der Waals surface area contributed by atoms with Gasteiger partial charge in [-0.3, -0.25) is 0 Å². The van der Waals surface area contributed by atoms with Gasteiger partial charge in [0.05, 0.1) is 6.10 Å². The van der Waals surface area contributed by atoms with Gasteiger partial charge in [-0.1, -0.05) is 12.1 Å². The van der Waals surface area contributed by atoms with Gasteiger partial charge in [0.15, 0.2) is 0 Å². The van der Waals surface area contributed by atoms with E-state index in [2.05, 4.69) is 25.1 Å². The van der Waals surface area contributed by atoms with E-state index in [9.17, 15) is 0 Å². The third kappa shape index (κ3) is 2.99. The molecule has 1 aromatic rings. The van der Waals surface area contributed by atoms with Crippen LogP contribution in [0.1, 0.15) is 25.7 Å². The zero-order valence-electron chi connectivity index (χ0n) is 10.1. The average molecular weight is 218 g/mol. The van der Waals surface area contributed by atoms with E-state index in [1.54, 1.807) is 0 Å². The van der Waals surface area contributed by atoms with Gasteiger partial charge in [-0.25, -0.2) is 0 Å². The fourth-order valence-corrected chi connectivity index (χ4v) is 2.32. The summed E-state index contributed by atoms with van der Waals surface area (Å²) < 4.78 is 5.94. The second kappa shape index (κ2) is 5.35. The molecular weight excluding hydrogens is 198 g/mol. The van der Waals surface area contributed by atoms with Crippen molar-refractivity contribution in [2.45, 2.75) is 37.8 Å². The van der Waals surface area contributed by atoms with E-state index in [4.69, 9.17) is 4.74 Å². The highest BCUT2D eigenvalue weighted by molar-refractivity contribution is 5.20. The van der Waals surface area contributed by atoms with Gasteiger partial charge < -0.3 is 9.64 Å². The lowest BCUT2D eigenvalue weighted by atomic mass is 9.92. The predicted molar refractivity (Wildman–Crippen MR) is 65.6 cm³/mol. The average Bonchev–Trinajstić information content (AvgIpc) is 2.31. The number of ether oxygens (including phenoxy) is 1. The summed E-state index contributed by atoms with van der Waals surface area (Å²) in [5.41, 5.74) is 0. The second-order valence-electron chi connectivity index (χ2n) is 4.75. The number of rotatable bonds is 3. The van der Waals surface area contributed by atoms with Crippen LogP contribution in [0, 0.1) is 6.07 Å². The van der Waals surface area contributed by atoms with Gasteiger partial charge in [0.2, 0.25) is 0 Å². The Labute approximate surface area is 98.2 Å². The molecule has 2 nitrogen and oxygen atoms in total. The standard InChI is InChI=1S/C14H20NO/c1-15(2)12-8-10-14(11-9-12)16-13-6-4-3-5-7-13/h4-7,12,14H,8-11H2,1-2H3. The zero-order valence-corrected chi connectivity index (χ0v) is 10.1. The van der Waals surface area contributed by atoms with Gasteiger partial charge in [-0.05, 0) is 58.0 Å². The molecule has 0 saturated heterocycles. The summed E-state index contributed by atoms with van der Waals surface area (Å²) in [4.78, 5) is 2.33. The first-order valence-electron chi connectivity index (χ1n) is 6.05. The van der Waals surface area contributed by atoms with Crippen molar-refractivity contribution in [3.63, 3.8) is 0 Å². The maximum Gasteiger partial charge on any atom is 0.119 e. The van der Waals surface area contributed by atoms with Crippen LogP contribution >= 0.6 is 0 Å². The molecule has 0 heterocycles. The summed E-state index contributed by atoms with van der Waals surface area (Å²) in [6.07, 6.45) is 5.23. The van der Waals surface area contributed by atoms with Crippen molar-refractivity contribution in [3.8, 4) is 5.75 Å². The molecule has 2 heteroatoms. The highest BCUT2D eigenvalue weighted by Crippen LogP contribution is 2.25. The molecule has 87 valence electrons. The first-order chi connectivity index (χ1) is 7.75. The summed E-state index contributed by atoms with van der Waals surface area (Å²) >= 11 is 0. The minimum absolute atomic E-state index is 0.401. The molecule has 0 amide bonds. The van der Waals surface area contributed by atoms with Crippen LogP contribution in [0.25, 0.3) is 0 Å². The topological polar surface area (TPSA) is 12.5 Å². The minimum Gasteiger partial charge on any atom is -0.490 e. The smallest absolute Gasteiger partial charge is 0.119 e. The molecule has 0 N–H and O–H groups in total. The summed E-state index contributed by atoms with van der Waals surface area (Å²) in [7, 11) is 4.33.